The first-order chi connectivity index (χ1) is 8.42. The van der Waals surface area contributed by atoms with E-state index in [0.29, 0.717) is 12.5 Å². The Morgan fingerprint density at radius 2 is 2.22 bits per heavy atom. The lowest BCUT2D eigenvalue weighted by atomic mass is 10.4. The van der Waals surface area contributed by atoms with Crippen molar-refractivity contribution in [2.75, 3.05) is 20.6 Å². The summed E-state index contributed by atoms with van der Waals surface area (Å²) in [7, 11) is 3.25. The maximum Gasteiger partial charge on any atom is 0.390 e. The van der Waals surface area contributed by atoms with E-state index in [1.807, 2.05) is 0 Å². The van der Waals surface area contributed by atoms with Crippen molar-refractivity contribution in [3.8, 4) is 0 Å². The number of nitrogens with one attached hydrogen (secondary N) is 1. The van der Waals surface area contributed by atoms with Gasteiger partial charge >= 0.3 is 6.18 Å². The monoisotopic (exact) mass is 263 g/mol. The van der Waals surface area contributed by atoms with Crippen LogP contribution < -0.4 is 5.32 Å². The van der Waals surface area contributed by atoms with Crippen LogP contribution in [0.2, 0.25) is 0 Å². The van der Waals surface area contributed by atoms with E-state index >= 15 is 0 Å². The quantitative estimate of drug-likeness (QED) is 0.669. The molecule has 1 aromatic rings. The maximum absolute atomic E-state index is 12.0. The molecule has 0 aromatic carbocycles. The van der Waals surface area contributed by atoms with Gasteiger partial charge in [0.25, 0.3) is 0 Å². The van der Waals surface area contributed by atoms with Crippen molar-refractivity contribution in [1.82, 2.24) is 10.2 Å². The predicted molar refractivity (Wildman–Crippen MR) is 62.2 cm³/mol. The molecule has 0 atom stereocenters. The number of rotatable bonds is 4. The van der Waals surface area contributed by atoms with Gasteiger partial charge in [-0.3, -0.25) is 4.99 Å². The van der Waals surface area contributed by atoms with E-state index in [0.717, 1.165) is 5.76 Å². The van der Waals surface area contributed by atoms with Gasteiger partial charge in [0.2, 0.25) is 0 Å². The number of aliphatic imine (C=N–C) groups is 1. The third-order valence-electron chi connectivity index (χ3n) is 2.24. The molecule has 1 rings (SSSR count). The van der Waals surface area contributed by atoms with Crippen molar-refractivity contribution >= 4 is 5.96 Å². The highest BCUT2D eigenvalue weighted by Gasteiger charge is 2.26. The molecule has 0 saturated heterocycles. The molecular formula is C11H16F3N3O. The van der Waals surface area contributed by atoms with Crippen LogP contribution in [0.25, 0.3) is 0 Å². The van der Waals surface area contributed by atoms with Crippen LogP contribution in [0, 0.1) is 0 Å². The number of alkyl halides is 3. The van der Waals surface area contributed by atoms with Crippen LogP contribution >= 0.6 is 0 Å². The standard InChI is InChI=1S/C11H16F3N3O/c1-15-10(16-6-5-11(12,13)14)17(2)8-9-4-3-7-18-9/h3-4,7H,5-6,8H2,1-2H3,(H,15,16). The Balaban J connectivity index is 2.41. The minimum atomic E-state index is -4.16. The number of halogens is 3. The van der Waals surface area contributed by atoms with Gasteiger partial charge in [-0.15, -0.1) is 0 Å². The Morgan fingerprint density at radius 1 is 1.50 bits per heavy atom. The van der Waals surface area contributed by atoms with Gasteiger partial charge in [-0.25, -0.2) is 0 Å². The number of furan rings is 1. The summed E-state index contributed by atoms with van der Waals surface area (Å²) in [5, 5.41) is 2.65. The first-order valence-electron chi connectivity index (χ1n) is 5.43. The van der Waals surface area contributed by atoms with Gasteiger partial charge in [0.15, 0.2) is 5.96 Å². The molecule has 0 aliphatic rings. The van der Waals surface area contributed by atoms with Gasteiger partial charge in [-0.2, -0.15) is 13.2 Å². The topological polar surface area (TPSA) is 40.8 Å². The van der Waals surface area contributed by atoms with Crippen LogP contribution in [-0.2, 0) is 6.54 Å². The zero-order valence-electron chi connectivity index (χ0n) is 10.3. The molecule has 0 radical (unpaired) electrons. The Bertz CT molecular complexity index is 373. The van der Waals surface area contributed by atoms with E-state index in [9.17, 15) is 13.2 Å². The average Bonchev–Trinajstić information content (AvgIpc) is 2.75. The molecule has 0 spiro atoms. The number of guanidine groups is 1. The second kappa shape index (κ2) is 6.32. The summed E-state index contributed by atoms with van der Waals surface area (Å²) < 4.78 is 41.2. The van der Waals surface area contributed by atoms with Crippen molar-refractivity contribution in [1.29, 1.82) is 0 Å². The van der Waals surface area contributed by atoms with Crippen LogP contribution in [-0.4, -0.2) is 37.7 Å². The minimum absolute atomic E-state index is 0.196. The molecule has 0 aliphatic heterocycles. The molecular weight excluding hydrogens is 247 g/mol. The third-order valence-corrected chi connectivity index (χ3v) is 2.24. The first kappa shape index (κ1) is 14.4. The van der Waals surface area contributed by atoms with E-state index < -0.39 is 12.6 Å². The molecule has 0 bridgehead atoms. The van der Waals surface area contributed by atoms with Crippen LogP contribution in [0.1, 0.15) is 12.2 Å². The van der Waals surface area contributed by atoms with E-state index in [4.69, 9.17) is 4.42 Å². The maximum atomic E-state index is 12.0. The van der Waals surface area contributed by atoms with Crippen LogP contribution in [0.5, 0.6) is 0 Å². The molecule has 0 aliphatic carbocycles. The molecule has 0 unspecified atom stereocenters. The van der Waals surface area contributed by atoms with Crippen molar-refractivity contribution < 1.29 is 17.6 Å². The summed E-state index contributed by atoms with van der Waals surface area (Å²) in [6.45, 7) is 0.247. The lowest BCUT2D eigenvalue weighted by Gasteiger charge is -2.21. The first-order valence-corrected chi connectivity index (χ1v) is 5.43. The Morgan fingerprint density at radius 3 is 2.72 bits per heavy atom. The molecule has 7 heteroatoms. The summed E-state index contributed by atoms with van der Waals surface area (Å²) >= 11 is 0. The summed E-state index contributed by atoms with van der Waals surface area (Å²) in [4.78, 5) is 5.60. The van der Waals surface area contributed by atoms with Crippen LogP contribution in [0.4, 0.5) is 13.2 Å². The molecule has 1 aromatic heterocycles. The highest BCUT2D eigenvalue weighted by molar-refractivity contribution is 5.79. The number of hydrogen-bond donors (Lipinski definition) is 1. The Hall–Kier alpha value is -1.66. The van der Waals surface area contributed by atoms with E-state index in [1.54, 1.807) is 30.3 Å². The summed E-state index contributed by atoms with van der Waals surface area (Å²) in [6.07, 6.45) is -3.50. The largest absolute Gasteiger partial charge is 0.467 e. The van der Waals surface area contributed by atoms with Crippen molar-refractivity contribution in [3.05, 3.63) is 24.2 Å². The van der Waals surface area contributed by atoms with Crippen molar-refractivity contribution in [3.63, 3.8) is 0 Å². The average molecular weight is 263 g/mol. The molecule has 4 nitrogen and oxygen atoms in total. The fourth-order valence-corrected chi connectivity index (χ4v) is 1.41. The van der Waals surface area contributed by atoms with E-state index in [1.165, 1.54) is 7.05 Å². The highest BCUT2D eigenvalue weighted by atomic mass is 19.4. The second-order valence-electron chi connectivity index (χ2n) is 3.77. The summed E-state index contributed by atoms with van der Waals surface area (Å²) in [6, 6.07) is 3.54. The molecule has 0 fully saturated rings. The van der Waals surface area contributed by atoms with Gasteiger partial charge < -0.3 is 14.6 Å². The predicted octanol–water partition coefficient (Wildman–Crippen LogP) is 2.24. The lowest BCUT2D eigenvalue weighted by Crippen LogP contribution is -2.39. The van der Waals surface area contributed by atoms with Gasteiger partial charge in [0.05, 0.1) is 19.2 Å². The van der Waals surface area contributed by atoms with Crippen LogP contribution in [0.15, 0.2) is 27.8 Å². The molecule has 102 valence electrons. The highest BCUT2D eigenvalue weighted by Crippen LogP contribution is 2.18. The van der Waals surface area contributed by atoms with E-state index in [2.05, 4.69) is 10.3 Å². The van der Waals surface area contributed by atoms with Gasteiger partial charge in [0.1, 0.15) is 5.76 Å². The normalized spacial score (nSPS) is 12.6. The van der Waals surface area contributed by atoms with Gasteiger partial charge in [-0.1, -0.05) is 0 Å². The van der Waals surface area contributed by atoms with Crippen molar-refractivity contribution in [2.45, 2.75) is 19.1 Å². The molecule has 1 heterocycles. The fourth-order valence-electron chi connectivity index (χ4n) is 1.41. The van der Waals surface area contributed by atoms with E-state index in [-0.39, 0.29) is 6.54 Å². The summed E-state index contributed by atoms with van der Waals surface area (Å²) in [5.41, 5.74) is 0. The summed E-state index contributed by atoms with van der Waals surface area (Å²) in [5.74, 6) is 1.12. The molecule has 0 amide bonds. The van der Waals surface area contributed by atoms with Gasteiger partial charge in [-0.05, 0) is 12.1 Å². The number of hydrogen-bond acceptors (Lipinski definition) is 2. The second-order valence-corrected chi connectivity index (χ2v) is 3.77. The van der Waals surface area contributed by atoms with Crippen molar-refractivity contribution in [2.24, 2.45) is 4.99 Å². The zero-order chi connectivity index (χ0) is 13.6. The van der Waals surface area contributed by atoms with Crippen LogP contribution in [0.3, 0.4) is 0 Å². The molecule has 1 N–H and O–H groups in total. The molecule has 0 saturated carbocycles. The third kappa shape index (κ3) is 5.11. The fraction of sp³-hybridized carbons (Fsp3) is 0.545. The Kier molecular flexibility index (Phi) is 5.06. The Labute approximate surface area is 103 Å². The van der Waals surface area contributed by atoms with Gasteiger partial charge in [0, 0.05) is 20.6 Å². The zero-order valence-corrected chi connectivity index (χ0v) is 10.3. The minimum Gasteiger partial charge on any atom is -0.467 e. The molecule has 18 heavy (non-hydrogen) atoms. The SMILES string of the molecule is CN=C(NCCC(F)(F)F)N(C)Cc1ccco1. The number of nitrogens with zero attached hydrogens (tertiary/aromatic N) is 2. The lowest BCUT2D eigenvalue weighted by molar-refractivity contribution is -0.132. The smallest absolute Gasteiger partial charge is 0.390 e.